The summed E-state index contributed by atoms with van der Waals surface area (Å²) >= 11 is 6.05. The summed E-state index contributed by atoms with van der Waals surface area (Å²) in [4.78, 5) is 4.10. The number of aliphatic imine (C=N–C) groups is 1. The number of nitrogens with one attached hydrogen (secondary N) is 1. The molecule has 0 aliphatic carbocycles. The summed E-state index contributed by atoms with van der Waals surface area (Å²) in [7, 11) is 1.55. The number of nitrogens with two attached hydrogens (primary N) is 1. The summed E-state index contributed by atoms with van der Waals surface area (Å²) in [5.74, 6) is 0.761. The Morgan fingerprint density at radius 2 is 2.00 bits per heavy atom. The zero-order chi connectivity index (χ0) is 18.1. The van der Waals surface area contributed by atoms with Gasteiger partial charge in [0.2, 0.25) is 0 Å². The van der Waals surface area contributed by atoms with Gasteiger partial charge >= 0.3 is 0 Å². The molecule has 0 spiro atoms. The summed E-state index contributed by atoms with van der Waals surface area (Å²) in [6.07, 6.45) is -0.733. The lowest BCUT2D eigenvalue weighted by molar-refractivity contribution is 0.0331. The van der Waals surface area contributed by atoms with E-state index in [1.807, 2.05) is 30.3 Å². The van der Waals surface area contributed by atoms with Crippen LogP contribution in [-0.2, 0) is 11.3 Å². The van der Waals surface area contributed by atoms with Gasteiger partial charge in [0.05, 0.1) is 38.0 Å². The number of hydrogen-bond donors (Lipinski definition) is 3. The quantitative estimate of drug-likeness (QED) is 0.300. The van der Waals surface area contributed by atoms with Gasteiger partial charge in [0, 0.05) is 5.69 Å². The molecule has 26 heavy (non-hydrogen) atoms. The standard InChI is InChI=1S/C18H22ClN3O3.HI/c1-24-17-8-7-14(9-16(17)19)22-18(20)21-10-15(23)12-25-11-13-5-3-2-4-6-13;/h2-9,15,23H,10-12H2,1H3,(H3,20,21,22);1H. The van der Waals surface area contributed by atoms with Gasteiger partial charge in [-0.25, -0.2) is 0 Å². The molecule has 142 valence electrons. The zero-order valence-electron chi connectivity index (χ0n) is 14.4. The average molecular weight is 492 g/mol. The van der Waals surface area contributed by atoms with Gasteiger partial charge in [-0.3, -0.25) is 4.99 Å². The van der Waals surface area contributed by atoms with Crippen LogP contribution in [0.25, 0.3) is 0 Å². The first-order valence-corrected chi connectivity index (χ1v) is 8.16. The molecule has 6 nitrogen and oxygen atoms in total. The van der Waals surface area contributed by atoms with E-state index in [1.165, 1.54) is 0 Å². The fraction of sp³-hybridized carbons (Fsp3) is 0.278. The van der Waals surface area contributed by atoms with E-state index < -0.39 is 6.10 Å². The van der Waals surface area contributed by atoms with E-state index in [0.717, 1.165) is 5.56 Å². The molecule has 2 aromatic rings. The SMILES string of the molecule is COc1ccc(NC(N)=NCC(O)COCc2ccccc2)cc1Cl.I. The van der Waals surface area contributed by atoms with E-state index in [4.69, 9.17) is 26.8 Å². The summed E-state index contributed by atoms with van der Waals surface area (Å²) in [5, 5.41) is 13.3. The first-order chi connectivity index (χ1) is 12.1. The molecule has 0 aliphatic heterocycles. The molecule has 1 atom stereocenters. The minimum Gasteiger partial charge on any atom is -0.495 e. The molecule has 0 saturated carbocycles. The molecule has 2 aromatic carbocycles. The number of nitrogens with zero attached hydrogens (tertiary/aromatic N) is 1. The fourth-order valence-corrected chi connectivity index (χ4v) is 2.33. The Labute approximate surface area is 175 Å². The second kappa shape index (κ2) is 11.9. The maximum absolute atomic E-state index is 9.90. The molecule has 0 aliphatic rings. The lowest BCUT2D eigenvalue weighted by atomic mass is 10.2. The third-order valence-electron chi connectivity index (χ3n) is 3.32. The highest BCUT2D eigenvalue weighted by Crippen LogP contribution is 2.26. The van der Waals surface area contributed by atoms with Crippen molar-refractivity contribution in [3.05, 3.63) is 59.1 Å². The molecule has 2 rings (SSSR count). The lowest BCUT2D eigenvalue weighted by Gasteiger charge is -2.11. The van der Waals surface area contributed by atoms with Crippen LogP contribution >= 0.6 is 35.6 Å². The van der Waals surface area contributed by atoms with E-state index in [1.54, 1.807) is 25.3 Å². The Bertz CT molecular complexity index is 701. The summed E-state index contributed by atoms with van der Waals surface area (Å²) in [5.41, 5.74) is 7.54. The second-order valence-electron chi connectivity index (χ2n) is 5.35. The van der Waals surface area contributed by atoms with Crippen LogP contribution < -0.4 is 15.8 Å². The fourth-order valence-electron chi connectivity index (χ4n) is 2.08. The maximum atomic E-state index is 9.90. The Morgan fingerprint density at radius 3 is 2.65 bits per heavy atom. The smallest absolute Gasteiger partial charge is 0.193 e. The van der Waals surface area contributed by atoms with Crippen molar-refractivity contribution < 1.29 is 14.6 Å². The maximum Gasteiger partial charge on any atom is 0.193 e. The molecule has 0 heterocycles. The Kier molecular flexibility index (Phi) is 10.3. The van der Waals surface area contributed by atoms with E-state index in [9.17, 15) is 5.11 Å². The monoisotopic (exact) mass is 491 g/mol. The van der Waals surface area contributed by atoms with Crippen molar-refractivity contribution in [2.75, 3.05) is 25.6 Å². The molecule has 0 fully saturated rings. The van der Waals surface area contributed by atoms with Crippen LogP contribution in [0.4, 0.5) is 5.69 Å². The van der Waals surface area contributed by atoms with Crippen LogP contribution in [0.15, 0.2) is 53.5 Å². The van der Waals surface area contributed by atoms with Gasteiger partial charge < -0.3 is 25.6 Å². The number of halogens is 2. The van der Waals surface area contributed by atoms with E-state index in [-0.39, 0.29) is 43.1 Å². The van der Waals surface area contributed by atoms with Gasteiger partial charge in [-0.15, -0.1) is 24.0 Å². The van der Waals surface area contributed by atoms with Crippen molar-refractivity contribution in [3.63, 3.8) is 0 Å². The molecule has 4 N–H and O–H groups in total. The van der Waals surface area contributed by atoms with Crippen molar-refractivity contribution in [2.45, 2.75) is 12.7 Å². The van der Waals surface area contributed by atoms with Gasteiger partial charge in [-0.2, -0.15) is 0 Å². The summed E-state index contributed by atoms with van der Waals surface area (Å²) < 4.78 is 10.5. The molecular formula is C18H23ClIN3O3. The number of benzene rings is 2. The third kappa shape index (κ3) is 7.77. The molecule has 0 bridgehead atoms. The van der Waals surface area contributed by atoms with Crippen LogP contribution in [0.5, 0.6) is 5.75 Å². The Hall–Kier alpha value is -1.55. The van der Waals surface area contributed by atoms with Crippen molar-refractivity contribution in [1.82, 2.24) is 0 Å². The normalized spacial score (nSPS) is 12.2. The van der Waals surface area contributed by atoms with Crippen molar-refractivity contribution in [1.29, 1.82) is 0 Å². The highest BCUT2D eigenvalue weighted by Gasteiger charge is 2.06. The lowest BCUT2D eigenvalue weighted by Crippen LogP contribution is -2.26. The number of ether oxygens (including phenoxy) is 2. The van der Waals surface area contributed by atoms with Crippen LogP contribution in [0, 0.1) is 0 Å². The highest BCUT2D eigenvalue weighted by atomic mass is 127. The number of anilines is 1. The van der Waals surface area contributed by atoms with Crippen molar-refractivity contribution >= 4 is 47.2 Å². The average Bonchev–Trinajstić information content (AvgIpc) is 2.61. The predicted molar refractivity (Wildman–Crippen MR) is 116 cm³/mol. The molecule has 1 unspecified atom stereocenters. The number of methoxy groups -OCH3 is 1. The Balaban J connectivity index is 0.00000338. The topological polar surface area (TPSA) is 89.1 Å². The van der Waals surface area contributed by atoms with Gasteiger partial charge in [0.1, 0.15) is 5.75 Å². The number of aliphatic hydroxyl groups is 1. The van der Waals surface area contributed by atoms with E-state index in [0.29, 0.717) is 23.1 Å². The first-order valence-electron chi connectivity index (χ1n) is 7.78. The molecular weight excluding hydrogens is 469 g/mol. The van der Waals surface area contributed by atoms with Crippen LogP contribution in [0.3, 0.4) is 0 Å². The van der Waals surface area contributed by atoms with Crippen LogP contribution in [0.1, 0.15) is 5.56 Å². The van der Waals surface area contributed by atoms with Crippen molar-refractivity contribution in [2.24, 2.45) is 10.7 Å². The number of aliphatic hydroxyl groups excluding tert-OH is 1. The predicted octanol–water partition coefficient (Wildman–Crippen LogP) is 3.27. The minimum absolute atomic E-state index is 0. The minimum atomic E-state index is -0.733. The largest absolute Gasteiger partial charge is 0.495 e. The third-order valence-corrected chi connectivity index (χ3v) is 3.61. The molecule has 0 amide bonds. The van der Waals surface area contributed by atoms with Crippen LogP contribution in [0.2, 0.25) is 5.02 Å². The van der Waals surface area contributed by atoms with Crippen molar-refractivity contribution in [3.8, 4) is 5.75 Å². The van der Waals surface area contributed by atoms with Gasteiger partial charge in [-0.05, 0) is 23.8 Å². The van der Waals surface area contributed by atoms with Crippen LogP contribution in [-0.4, -0.2) is 37.4 Å². The van der Waals surface area contributed by atoms with Gasteiger partial charge in [-0.1, -0.05) is 41.9 Å². The van der Waals surface area contributed by atoms with E-state index >= 15 is 0 Å². The van der Waals surface area contributed by atoms with Gasteiger partial charge in [0.15, 0.2) is 5.96 Å². The first kappa shape index (κ1) is 22.5. The molecule has 8 heteroatoms. The number of rotatable bonds is 8. The summed E-state index contributed by atoms with van der Waals surface area (Å²) in [6, 6.07) is 14.9. The molecule has 0 aromatic heterocycles. The zero-order valence-corrected chi connectivity index (χ0v) is 17.5. The summed E-state index contributed by atoms with van der Waals surface area (Å²) in [6.45, 7) is 0.761. The molecule has 0 saturated heterocycles. The highest BCUT2D eigenvalue weighted by molar-refractivity contribution is 14.0. The Morgan fingerprint density at radius 1 is 1.27 bits per heavy atom. The molecule has 0 radical (unpaired) electrons. The number of guanidine groups is 1. The van der Waals surface area contributed by atoms with E-state index in [2.05, 4.69) is 10.3 Å². The second-order valence-corrected chi connectivity index (χ2v) is 5.76. The number of hydrogen-bond acceptors (Lipinski definition) is 4. The van der Waals surface area contributed by atoms with Gasteiger partial charge in [0.25, 0.3) is 0 Å².